The van der Waals surface area contributed by atoms with Crippen LogP contribution in [0.2, 0.25) is 0 Å². The van der Waals surface area contributed by atoms with Gasteiger partial charge in [-0.2, -0.15) is 13.2 Å². The lowest BCUT2D eigenvalue weighted by Crippen LogP contribution is -2.29. The topological polar surface area (TPSA) is 101 Å². The number of alkyl halides is 4. The van der Waals surface area contributed by atoms with Crippen LogP contribution in [0.25, 0.3) is 0 Å². The van der Waals surface area contributed by atoms with Gasteiger partial charge in [-0.05, 0) is 35.7 Å². The second-order valence-electron chi connectivity index (χ2n) is 8.47. The summed E-state index contributed by atoms with van der Waals surface area (Å²) in [4.78, 5) is 29.0. The Bertz CT molecular complexity index is 1050. The monoisotopic (exact) mass is 499 g/mol. The van der Waals surface area contributed by atoms with Crippen LogP contribution >= 0.6 is 0 Å². The summed E-state index contributed by atoms with van der Waals surface area (Å²) >= 11 is 0. The number of ether oxygens (including phenoxy) is 2. The molecule has 1 aliphatic rings. The van der Waals surface area contributed by atoms with E-state index in [0.717, 1.165) is 11.0 Å². The number of aliphatic hydroxyl groups is 1. The number of amides is 2. The Labute approximate surface area is 198 Å². The van der Waals surface area contributed by atoms with E-state index in [1.54, 1.807) is 0 Å². The number of hydrogen-bond acceptors (Lipinski definition) is 6. The molecule has 8 nitrogen and oxygen atoms in total. The molecule has 1 saturated heterocycles. The number of likely N-dealkylation sites (tertiary alicyclic amines) is 1. The lowest BCUT2D eigenvalue weighted by molar-refractivity contribution is -0.141. The first-order chi connectivity index (χ1) is 16.4. The van der Waals surface area contributed by atoms with E-state index in [-0.39, 0.29) is 49.0 Å². The molecule has 3 rings (SSSR count). The molecule has 2 amide bonds. The van der Waals surface area contributed by atoms with Gasteiger partial charge in [0, 0.05) is 24.7 Å². The van der Waals surface area contributed by atoms with Gasteiger partial charge in [-0.15, -0.1) is 0 Å². The summed E-state index contributed by atoms with van der Waals surface area (Å²) in [5, 5.41) is 11.9. The number of aliphatic hydroxyl groups excluding tert-OH is 1. The maximum Gasteiger partial charge on any atom is 0.433 e. The number of nitrogens with zero attached hydrogens (tertiary/aromatic N) is 2. The number of hydrogen-bond donors (Lipinski definition) is 2. The van der Waals surface area contributed by atoms with Crippen molar-refractivity contribution >= 4 is 12.0 Å². The first kappa shape index (κ1) is 26.2. The fourth-order valence-corrected chi connectivity index (χ4v) is 3.24. The molecule has 35 heavy (non-hydrogen) atoms. The standard InChI is InChI=1S/C23H25F4N3O5/c1-13(2)12-34-22(33)28-9-14-6-19(23(25,26)27)29-20(7-14)35-16-5-3-4-15(8-16)21(32)30-10-17(24)18(31)11-30/h3-8,13,17-18,31H,9-12H2,1-2H3,(H,28,33). The Morgan fingerprint density at radius 3 is 2.60 bits per heavy atom. The van der Waals surface area contributed by atoms with Crippen LogP contribution in [0.4, 0.5) is 22.4 Å². The van der Waals surface area contributed by atoms with Crippen LogP contribution < -0.4 is 10.1 Å². The zero-order valence-electron chi connectivity index (χ0n) is 19.0. The highest BCUT2D eigenvalue weighted by Gasteiger charge is 2.35. The maximum absolute atomic E-state index is 13.6. The summed E-state index contributed by atoms with van der Waals surface area (Å²) in [5.74, 6) is -0.849. The van der Waals surface area contributed by atoms with Crippen LogP contribution in [0.3, 0.4) is 0 Å². The summed E-state index contributed by atoms with van der Waals surface area (Å²) < 4.78 is 64.1. The smallest absolute Gasteiger partial charge is 0.433 e. The van der Waals surface area contributed by atoms with Crippen molar-refractivity contribution < 1.29 is 41.7 Å². The molecule has 1 aliphatic heterocycles. The van der Waals surface area contributed by atoms with Gasteiger partial charge in [0.15, 0.2) is 0 Å². The van der Waals surface area contributed by atoms with Crippen LogP contribution in [0.1, 0.15) is 35.5 Å². The maximum atomic E-state index is 13.6. The molecule has 0 bridgehead atoms. The first-order valence-electron chi connectivity index (χ1n) is 10.8. The molecule has 2 N–H and O–H groups in total. The molecule has 0 aliphatic carbocycles. The zero-order chi connectivity index (χ0) is 25.8. The molecule has 2 aromatic rings. The SMILES string of the molecule is CC(C)COC(=O)NCc1cc(Oc2cccc(C(=O)N3CC(O)C(F)C3)c2)nc(C(F)(F)F)c1. The lowest BCUT2D eigenvalue weighted by atomic mass is 10.2. The molecule has 2 atom stereocenters. The molecule has 0 radical (unpaired) electrons. The minimum Gasteiger partial charge on any atom is -0.449 e. The second-order valence-corrected chi connectivity index (χ2v) is 8.47. The number of nitrogens with one attached hydrogen (secondary N) is 1. The van der Waals surface area contributed by atoms with Gasteiger partial charge in [0.25, 0.3) is 5.91 Å². The molecule has 12 heteroatoms. The molecule has 2 heterocycles. The van der Waals surface area contributed by atoms with Gasteiger partial charge >= 0.3 is 12.3 Å². The number of carbonyl (C=O) groups excluding carboxylic acids is 2. The van der Waals surface area contributed by atoms with Crippen molar-refractivity contribution in [1.29, 1.82) is 0 Å². The Morgan fingerprint density at radius 1 is 1.23 bits per heavy atom. The number of halogens is 4. The molecule has 0 spiro atoms. The van der Waals surface area contributed by atoms with E-state index in [4.69, 9.17) is 9.47 Å². The average molecular weight is 499 g/mol. The van der Waals surface area contributed by atoms with E-state index in [1.807, 2.05) is 13.8 Å². The summed E-state index contributed by atoms with van der Waals surface area (Å²) in [7, 11) is 0. The number of aromatic nitrogens is 1. The van der Waals surface area contributed by atoms with Gasteiger partial charge in [-0.1, -0.05) is 19.9 Å². The molecule has 1 aromatic carbocycles. The van der Waals surface area contributed by atoms with E-state index in [9.17, 15) is 32.3 Å². The summed E-state index contributed by atoms with van der Waals surface area (Å²) in [6.07, 6.45) is -8.38. The van der Waals surface area contributed by atoms with E-state index in [0.29, 0.717) is 0 Å². The molecule has 190 valence electrons. The van der Waals surface area contributed by atoms with Crippen molar-refractivity contribution in [2.45, 2.75) is 38.8 Å². The highest BCUT2D eigenvalue weighted by atomic mass is 19.4. The van der Waals surface area contributed by atoms with Crippen molar-refractivity contribution in [2.24, 2.45) is 5.92 Å². The quantitative estimate of drug-likeness (QED) is 0.560. The molecule has 2 unspecified atom stereocenters. The highest BCUT2D eigenvalue weighted by molar-refractivity contribution is 5.94. The molecular weight excluding hydrogens is 474 g/mol. The number of pyridine rings is 1. The van der Waals surface area contributed by atoms with Crippen LogP contribution in [0.15, 0.2) is 36.4 Å². The number of rotatable bonds is 7. The van der Waals surface area contributed by atoms with Gasteiger partial charge in [-0.25, -0.2) is 14.2 Å². The summed E-state index contributed by atoms with van der Waals surface area (Å²) in [6.45, 7) is 3.13. The predicted octanol–water partition coefficient (Wildman–Crippen LogP) is 3.93. The molecular formula is C23H25F4N3O5. The minimum atomic E-state index is -4.77. The largest absolute Gasteiger partial charge is 0.449 e. The van der Waals surface area contributed by atoms with Gasteiger partial charge in [0.2, 0.25) is 5.88 Å². The van der Waals surface area contributed by atoms with E-state index >= 15 is 0 Å². The summed E-state index contributed by atoms with van der Waals surface area (Å²) in [5.41, 5.74) is -1.06. The third-order valence-corrected chi connectivity index (χ3v) is 4.95. The minimum absolute atomic E-state index is 0.0227. The van der Waals surface area contributed by atoms with Crippen molar-refractivity contribution in [3.8, 4) is 11.6 Å². The van der Waals surface area contributed by atoms with Crippen LogP contribution in [0.5, 0.6) is 11.6 Å². The van der Waals surface area contributed by atoms with Crippen LogP contribution in [-0.2, 0) is 17.5 Å². The van der Waals surface area contributed by atoms with E-state index < -0.39 is 42.0 Å². The number of alkyl carbamates (subject to hydrolysis) is 1. The number of benzene rings is 1. The lowest BCUT2D eigenvalue weighted by Gasteiger charge is -2.16. The zero-order valence-corrected chi connectivity index (χ0v) is 19.0. The fraction of sp³-hybridized carbons (Fsp3) is 0.435. The Kier molecular flexibility index (Phi) is 8.15. The third kappa shape index (κ3) is 7.28. The average Bonchev–Trinajstić information content (AvgIpc) is 3.13. The molecule has 1 fully saturated rings. The third-order valence-electron chi connectivity index (χ3n) is 4.95. The fourth-order valence-electron chi connectivity index (χ4n) is 3.24. The number of carbonyl (C=O) groups is 2. The second kappa shape index (κ2) is 10.9. The van der Waals surface area contributed by atoms with Crippen LogP contribution in [0, 0.1) is 5.92 Å². The van der Waals surface area contributed by atoms with E-state index in [1.165, 1.54) is 30.3 Å². The molecule has 1 aromatic heterocycles. The highest BCUT2D eigenvalue weighted by Crippen LogP contribution is 2.31. The number of β-amino-alcohol motifs (C(OH)–C–C–N with tert-alkyl or cyclic N) is 1. The Morgan fingerprint density at radius 2 is 1.97 bits per heavy atom. The van der Waals surface area contributed by atoms with Crippen LogP contribution in [-0.4, -0.2) is 59.0 Å². The van der Waals surface area contributed by atoms with Crippen molar-refractivity contribution in [3.63, 3.8) is 0 Å². The van der Waals surface area contributed by atoms with Gasteiger partial charge in [0.1, 0.15) is 23.7 Å². The van der Waals surface area contributed by atoms with Crippen molar-refractivity contribution in [3.05, 3.63) is 53.2 Å². The Balaban J connectivity index is 1.76. The normalized spacial score (nSPS) is 18.0. The first-order valence-corrected chi connectivity index (χ1v) is 10.8. The van der Waals surface area contributed by atoms with Gasteiger partial charge < -0.3 is 24.8 Å². The predicted molar refractivity (Wildman–Crippen MR) is 116 cm³/mol. The van der Waals surface area contributed by atoms with Crippen molar-refractivity contribution in [1.82, 2.24) is 15.2 Å². The van der Waals surface area contributed by atoms with Gasteiger partial charge in [-0.3, -0.25) is 4.79 Å². The van der Waals surface area contributed by atoms with E-state index in [2.05, 4.69) is 10.3 Å². The van der Waals surface area contributed by atoms with Gasteiger partial charge in [0.05, 0.1) is 13.2 Å². The van der Waals surface area contributed by atoms with Crippen molar-refractivity contribution in [2.75, 3.05) is 19.7 Å². The summed E-state index contributed by atoms with van der Waals surface area (Å²) in [6, 6.07) is 7.58. The Hall–Kier alpha value is -3.41. The molecule has 0 saturated carbocycles.